The van der Waals surface area contributed by atoms with E-state index in [9.17, 15) is 0 Å². The monoisotopic (exact) mass is 238 g/mol. The lowest BCUT2D eigenvalue weighted by atomic mass is 10.1. The van der Waals surface area contributed by atoms with E-state index in [1.807, 2.05) is 12.6 Å². The van der Waals surface area contributed by atoms with Crippen molar-refractivity contribution in [2.75, 3.05) is 7.05 Å². The number of aromatic nitrogens is 1. The molecule has 0 amide bonds. The van der Waals surface area contributed by atoms with E-state index in [2.05, 4.69) is 35.6 Å². The number of thiazole rings is 1. The van der Waals surface area contributed by atoms with Crippen LogP contribution in [0.5, 0.6) is 0 Å². The third-order valence-electron chi connectivity index (χ3n) is 2.42. The molecule has 4 heteroatoms. The molecule has 0 fully saturated rings. The van der Waals surface area contributed by atoms with Gasteiger partial charge in [-0.05, 0) is 37.9 Å². The molecule has 2 heterocycles. The van der Waals surface area contributed by atoms with Crippen LogP contribution in [-0.2, 0) is 0 Å². The lowest BCUT2D eigenvalue weighted by Crippen LogP contribution is -2.16. The Balaban J connectivity index is 2.36. The molecule has 0 aromatic carbocycles. The highest BCUT2D eigenvalue weighted by Crippen LogP contribution is 2.30. The molecule has 80 valence electrons. The molecule has 0 saturated carbocycles. The van der Waals surface area contributed by atoms with E-state index in [1.165, 1.54) is 15.3 Å². The summed E-state index contributed by atoms with van der Waals surface area (Å²) in [6.45, 7) is 4.20. The molecule has 0 saturated heterocycles. The zero-order chi connectivity index (χ0) is 10.8. The average Bonchev–Trinajstić information content (AvgIpc) is 2.79. The molecular formula is C11H14N2S2. The third-order valence-corrected chi connectivity index (χ3v) is 4.29. The minimum Gasteiger partial charge on any atom is -0.309 e. The van der Waals surface area contributed by atoms with Gasteiger partial charge in [0.2, 0.25) is 0 Å². The summed E-state index contributed by atoms with van der Waals surface area (Å²) < 4.78 is 0. The van der Waals surface area contributed by atoms with Gasteiger partial charge in [0.05, 0.1) is 17.2 Å². The fraction of sp³-hybridized carbons (Fsp3) is 0.364. The van der Waals surface area contributed by atoms with Gasteiger partial charge in [0, 0.05) is 9.75 Å². The lowest BCUT2D eigenvalue weighted by molar-refractivity contribution is 0.700. The standard InChI is InChI=1S/C11H14N2S2/c1-7-4-9(5-14-7)10(12-3)11-8(2)13-6-15-11/h4-6,10,12H,1-3H3. The summed E-state index contributed by atoms with van der Waals surface area (Å²) in [5, 5.41) is 5.57. The molecule has 0 radical (unpaired) electrons. The van der Waals surface area contributed by atoms with E-state index in [1.54, 1.807) is 22.7 Å². The summed E-state index contributed by atoms with van der Waals surface area (Å²) >= 11 is 3.51. The molecule has 0 spiro atoms. The molecule has 0 bridgehead atoms. The second-order valence-electron chi connectivity index (χ2n) is 3.51. The summed E-state index contributed by atoms with van der Waals surface area (Å²) in [7, 11) is 2.00. The summed E-state index contributed by atoms with van der Waals surface area (Å²) in [6, 6.07) is 2.54. The molecule has 2 aromatic rings. The quantitative estimate of drug-likeness (QED) is 0.888. The normalized spacial score (nSPS) is 13.0. The molecule has 1 unspecified atom stereocenters. The third kappa shape index (κ3) is 2.12. The van der Waals surface area contributed by atoms with Gasteiger partial charge in [-0.3, -0.25) is 0 Å². The van der Waals surface area contributed by atoms with E-state index in [4.69, 9.17) is 0 Å². The maximum Gasteiger partial charge on any atom is 0.0798 e. The Morgan fingerprint density at radius 3 is 2.60 bits per heavy atom. The number of hydrogen-bond acceptors (Lipinski definition) is 4. The predicted molar refractivity (Wildman–Crippen MR) is 66.8 cm³/mol. The first-order valence-corrected chi connectivity index (χ1v) is 6.60. The Hall–Kier alpha value is -0.710. The maximum atomic E-state index is 4.30. The van der Waals surface area contributed by atoms with Gasteiger partial charge < -0.3 is 5.32 Å². The Morgan fingerprint density at radius 2 is 2.13 bits per heavy atom. The minimum absolute atomic E-state index is 0.294. The summed E-state index contributed by atoms with van der Waals surface area (Å²) in [5.74, 6) is 0. The van der Waals surface area contributed by atoms with Crippen LogP contribution in [0.4, 0.5) is 0 Å². The van der Waals surface area contributed by atoms with Crippen molar-refractivity contribution in [3.8, 4) is 0 Å². The van der Waals surface area contributed by atoms with Gasteiger partial charge >= 0.3 is 0 Å². The molecule has 0 aliphatic rings. The SMILES string of the molecule is CNC(c1csc(C)c1)c1scnc1C. The number of thiophene rings is 1. The van der Waals surface area contributed by atoms with Gasteiger partial charge in [0.25, 0.3) is 0 Å². The summed E-state index contributed by atoms with van der Waals surface area (Å²) in [5.41, 5.74) is 4.38. The van der Waals surface area contributed by atoms with Crippen molar-refractivity contribution in [2.24, 2.45) is 0 Å². The number of rotatable bonds is 3. The van der Waals surface area contributed by atoms with Crippen molar-refractivity contribution in [1.82, 2.24) is 10.3 Å². The van der Waals surface area contributed by atoms with Crippen LogP contribution in [0.3, 0.4) is 0 Å². The number of hydrogen-bond donors (Lipinski definition) is 1. The fourth-order valence-electron chi connectivity index (χ4n) is 1.65. The largest absolute Gasteiger partial charge is 0.309 e. The zero-order valence-corrected chi connectivity index (χ0v) is 10.7. The van der Waals surface area contributed by atoms with Crippen molar-refractivity contribution in [3.63, 3.8) is 0 Å². The molecule has 0 aliphatic heterocycles. The Morgan fingerprint density at radius 1 is 1.33 bits per heavy atom. The Kier molecular flexibility index (Phi) is 3.19. The van der Waals surface area contributed by atoms with Gasteiger partial charge in [-0.25, -0.2) is 4.98 Å². The van der Waals surface area contributed by atoms with E-state index in [0.29, 0.717) is 6.04 Å². The van der Waals surface area contributed by atoms with Crippen LogP contribution < -0.4 is 5.32 Å². The molecule has 1 N–H and O–H groups in total. The molecule has 1 atom stereocenters. The second kappa shape index (κ2) is 4.43. The molecule has 2 rings (SSSR count). The Bertz CT molecular complexity index is 445. The van der Waals surface area contributed by atoms with Gasteiger partial charge in [0.15, 0.2) is 0 Å². The average molecular weight is 238 g/mol. The van der Waals surface area contributed by atoms with Gasteiger partial charge in [-0.1, -0.05) is 0 Å². The summed E-state index contributed by atoms with van der Waals surface area (Å²) in [4.78, 5) is 6.97. The van der Waals surface area contributed by atoms with Crippen LogP contribution in [0.2, 0.25) is 0 Å². The minimum atomic E-state index is 0.294. The molecule has 2 nitrogen and oxygen atoms in total. The first kappa shape index (κ1) is 10.8. The van der Waals surface area contributed by atoms with E-state index < -0.39 is 0 Å². The molecule has 0 aliphatic carbocycles. The van der Waals surface area contributed by atoms with E-state index in [-0.39, 0.29) is 0 Å². The lowest BCUT2D eigenvalue weighted by Gasteiger charge is -2.13. The number of nitrogens with zero attached hydrogens (tertiary/aromatic N) is 1. The van der Waals surface area contributed by atoms with Crippen LogP contribution in [0.1, 0.15) is 27.1 Å². The summed E-state index contributed by atoms with van der Waals surface area (Å²) in [6.07, 6.45) is 0. The zero-order valence-electron chi connectivity index (χ0n) is 9.07. The van der Waals surface area contributed by atoms with E-state index in [0.717, 1.165) is 5.69 Å². The predicted octanol–water partition coefficient (Wildman–Crippen LogP) is 3.13. The van der Waals surface area contributed by atoms with Gasteiger partial charge in [0.1, 0.15) is 0 Å². The van der Waals surface area contributed by atoms with Crippen LogP contribution in [0.15, 0.2) is 17.0 Å². The maximum absolute atomic E-state index is 4.30. The highest BCUT2D eigenvalue weighted by atomic mass is 32.1. The van der Waals surface area contributed by atoms with Crippen molar-refractivity contribution in [2.45, 2.75) is 19.9 Å². The first-order chi connectivity index (χ1) is 7.22. The fourth-order valence-corrected chi connectivity index (χ4v) is 3.32. The van der Waals surface area contributed by atoms with Gasteiger partial charge in [-0.15, -0.1) is 22.7 Å². The Labute approximate surface area is 98.0 Å². The molecule has 15 heavy (non-hydrogen) atoms. The van der Waals surface area contributed by atoms with Gasteiger partial charge in [-0.2, -0.15) is 0 Å². The first-order valence-electron chi connectivity index (χ1n) is 4.84. The van der Waals surface area contributed by atoms with Crippen molar-refractivity contribution in [1.29, 1.82) is 0 Å². The topological polar surface area (TPSA) is 24.9 Å². The van der Waals surface area contributed by atoms with Crippen LogP contribution in [0, 0.1) is 13.8 Å². The second-order valence-corrected chi connectivity index (χ2v) is 5.52. The number of nitrogens with one attached hydrogen (secondary N) is 1. The molecule has 2 aromatic heterocycles. The van der Waals surface area contributed by atoms with E-state index >= 15 is 0 Å². The smallest absolute Gasteiger partial charge is 0.0798 e. The number of aryl methyl sites for hydroxylation is 2. The highest BCUT2D eigenvalue weighted by Gasteiger charge is 2.17. The van der Waals surface area contributed by atoms with Crippen molar-refractivity contribution >= 4 is 22.7 Å². The highest BCUT2D eigenvalue weighted by molar-refractivity contribution is 7.10. The van der Waals surface area contributed by atoms with Crippen LogP contribution in [-0.4, -0.2) is 12.0 Å². The van der Waals surface area contributed by atoms with Crippen molar-refractivity contribution < 1.29 is 0 Å². The molecular weight excluding hydrogens is 224 g/mol. The van der Waals surface area contributed by atoms with Crippen LogP contribution in [0.25, 0.3) is 0 Å². The van der Waals surface area contributed by atoms with Crippen LogP contribution >= 0.6 is 22.7 Å². The van der Waals surface area contributed by atoms with Crippen molar-refractivity contribution in [3.05, 3.63) is 38.0 Å².